The van der Waals surface area contributed by atoms with E-state index in [2.05, 4.69) is 5.32 Å². The van der Waals surface area contributed by atoms with Crippen LogP contribution >= 0.6 is 0 Å². The summed E-state index contributed by atoms with van der Waals surface area (Å²) in [5.74, 6) is 0.473. The number of nitrogens with one attached hydrogen (secondary N) is 1. The maximum atomic E-state index is 11.9. The summed E-state index contributed by atoms with van der Waals surface area (Å²) in [6.07, 6.45) is 0. The number of nitrogens with zero attached hydrogens (tertiary/aromatic N) is 1. The Morgan fingerprint density at radius 3 is 2.68 bits per heavy atom. The molecule has 0 spiro atoms. The molecule has 0 saturated heterocycles. The van der Waals surface area contributed by atoms with E-state index in [1.54, 1.807) is 25.2 Å². The van der Waals surface area contributed by atoms with Crippen molar-refractivity contribution in [2.45, 2.75) is 20.8 Å². The lowest BCUT2D eigenvalue weighted by molar-refractivity contribution is -0.123. The van der Waals surface area contributed by atoms with E-state index in [0.717, 1.165) is 0 Å². The average molecular weight is 262 g/mol. The summed E-state index contributed by atoms with van der Waals surface area (Å²) in [5.41, 5.74) is 0.862. The summed E-state index contributed by atoms with van der Waals surface area (Å²) in [5, 5.41) is 2.83. The normalized spacial score (nSPS) is 14.7. The smallest absolute Gasteiger partial charge is 0.264 e. The fourth-order valence-corrected chi connectivity index (χ4v) is 1.67. The summed E-state index contributed by atoms with van der Waals surface area (Å²) in [7, 11) is 1.69. The molecule has 1 aliphatic rings. The number of likely N-dealkylation sites (N-methyl/N-ethyl adjacent to an activating group) is 1. The number of rotatable bonds is 1. The topological polar surface area (TPSA) is 58.6 Å². The van der Waals surface area contributed by atoms with Crippen molar-refractivity contribution in [1.29, 1.82) is 0 Å². The highest BCUT2D eigenvalue weighted by Crippen LogP contribution is 2.34. The Morgan fingerprint density at radius 1 is 1.37 bits per heavy atom. The van der Waals surface area contributed by atoms with Crippen molar-refractivity contribution in [3.8, 4) is 5.75 Å². The van der Waals surface area contributed by atoms with Crippen LogP contribution in [-0.4, -0.2) is 25.5 Å². The minimum absolute atomic E-state index is 0.0528. The monoisotopic (exact) mass is 262 g/mol. The number of hydrogen-bond donors (Lipinski definition) is 1. The third kappa shape index (κ3) is 2.70. The van der Waals surface area contributed by atoms with Crippen molar-refractivity contribution in [2.24, 2.45) is 5.41 Å². The van der Waals surface area contributed by atoms with Crippen LogP contribution in [0.25, 0.3) is 0 Å². The lowest BCUT2D eigenvalue weighted by atomic mass is 9.95. The molecular formula is C14H18N2O3. The van der Waals surface area contributed by atoms with Gasteiger partial charge in [-0.2, -0.15) is 0 Å². The molecule has 0 fully saturated rings. The van der Waals surface area contributed by atoms with Crippen LogP contribution in [0.5, 0.6) is 5.75 Å². The van der Waals surface area contributed by atoms with Crippen molar-refractivity contribution >= 4 is 23.2 Å². The molecule has 2 amide bonds. The standard InChI is InChI=1S/C14H18N2O3/c1-14(2,3)13(18)15-9-5-6-11-10(7-9)16(4)12(17)8-19-11/h5-7H,8H2,1-4H3,(H,15,18). The van der Waals surface area contributed by atoms with E-state index in [-0.39, 0.29) is 18.4 Å². The molecule has 5 heteroatoms. The van der Waals surface area contributed by atoms with Gasteiger partial charge in [0.15, 0.2) is 6.61 Å². The van der Waals surface area contributed by atoms with E-state index in [1.165, 1.54) is 4.90 Å². The van der Waals surface area contributed by atoms with Gasteiger partial charge in [-0.25, -0.2) is 0 Å². The van der Waals surface area contributed by atoms with E-state index in [9.17, 15) is 9.59 Å². The van der Waals surface area contributed by atoms with Gasteiger partial charge >= 0.3 is 0 Å². The number of hydrogen-bond acceptors (Lipinski definition) is 3. The lowest BCUT2D eigenvalue weighted by Crippen LogP contribution is -2.35. The van der Waals surface area contributed by atoms with E-state index in [0.29, 0.717) is 17.1 Å². The van der Waals surface area contributed by atoms with Gasteiger partial charge in [0.2, 0.25) is 5.91 Å². The first-order valence-electron chi connectivity index (χ1n) is 6.14. The van der Waals surface area contributed by atoms with E-state index >= 15 is 0 Å². The van der Waals surface area contributed by atoms with Crippen LogP contribution in [-0.2, 0) is 9.59 Å². The summed E-state index contributed by atoms with van der Waals surface area (Å²) in [6.45, 7) is 5.59. The highest BCUT2D eigenvalue weighted by molar-refractivity contribution is 5.99. The number of ether oxygens (including phenoxy) is 1. The van der Waals surface area contributed by atoms with Crippen molar-refractivity contribution < 1.29 is 14.3 Å². The first kappa shape index (κ1) is 13.4. The van der Waals surface area contributed by atoms with Crippen LogP contribution < -0.4 is 15.0 Å². The molecule has 0 atom stereocenters. The fraction of sp³-hybridized carbons (Fsp3) is 0.429. The number of benzene rings is 1. The SMILES string of the molecule is CN1C(=O)COc2ccc(NC(=O)C(C)(C)C)cc21. The molecular weight excluding hydrogens is 244 g/mol. The van der Waals surface area contributed by atoms with Gasteiger partial charge in [-0.1, -0.05) is 20.8 Å². The van der Waals surface area contributed by atoms with Gasteiger partial charge in [0, 0.05) is 18.2 Å². The molecule has 1 N–H and O–H groups in total. The molecule has 0 radical (unpaired) electrons. The second kappa shape index (κ2) is 4.57. The molecule has 5 nitrogen and oxygen atoms in total. The van der Waals surface area contributed by atoms with E-state index in [1.807, 2.05) is 20.8 Å². The average Bonchev–Trinajstić information content (AvgIpc) is 2.33. The predicted octanol–water partition coefficient (Wildman–Crippen LogP) is 2.03. The summed E-state index contributed by atoms with van der Waals surface area (Å²) < 4.78 is 5.33. The van der Waals surface area contributed by atoms with Gasteiger partial charge < -0.3 is 15.0 Å². The third-order valence-corrected chi connectivity index (χ3v) is 2.98. The summed E-state index contributed by atoms with van der Waals surface area (Å²) >= 11 is 0. The molecule has 0 unspecified atom stereocenters. The molecule has 1 aromatic carbocycles. The number of anilines is 2. The third-order valence-electron chi connectivity index (χ3n) is 2.98. The Labute approximate surface area is 112 Å². The van der Waals surface area contributed by atoms with Crippen LogP contribution in [0.4, 0.5) is 11.4 Å². The van der Waals surface area contributed by atoms with E-state index in [4.69, 9.17) is 4.74 Å². The van der Waals surface area contributed by atoms with Crippen LogP contribution in [0.15, 0.2) is 18.2 Å². The van der Waals surface area contributed by atoms with Gasteiger partial charge in [-0.05, 0) is 18.2 Å². The molecule has 102 valence electrons. The minimum atomic E-state index is -0.464. The molecule has 1 heterocycles. The first-order chi connectivity index (χ1) is 8.79. The highest BCUT2D eigenvalue weighted by atomic mass is 16.5. The number of amides is 2. The Morgan fingerprint density at radius 2 is 2.05 bits per heavy atom. The summed E-state index contributed by atoms with van der Waals surface area (Å²) in [6, 6.07) is 5.28. The molecule has 1 aromatic rings. The fourth-order valence-electron chi connectivity index (χ4n) is 1.67. The van der Waals surface area contributed by atoms with Gasteiger partial charge in [-0.3, -0.25) is 9.59 Å². The molecule has 0 bridgehead atoms. The Kier molecular flexibility index (Phi) is 3.22. The quantitative estimate of drug-likeness (QED) is 0.842. The maximum Gasteiger partial charge on any atom is 0.264 e. The summed E-state index contributed by atoms with van der Waals surface area (Å²) in [4.78, 5) is 25.0. The van der Waals surface area contributed by atoms with Crippen molar-refractivity contribution in [3.63, 3.8) is 0 Å². The van der Waals surface area contributed by atoms with Crippen molar-refractivity contribution in [3.05, 3.63) is 18.2 Å². The van der Waals surface area contributed by atoms with Crippen molar-refractivity contribution in [1.82, 2.24) is 0 Å². The van der Waals surface area contributed by atoms with Crippen LogP contribution in [0.1, 0.15) is 20.8 Å². The molecule has 1 aliphatic heterocycles. The van der Waals surface area contributed by atoms with Crippen LogP contribution in [0, 0.1) is 5.41 Å². The Balaban J connectivity index is 2.26. The number of fused-ring (bicyclic) bond motifs is 1. The predicted molar refractivity (Wildman–Crippen MR) is 73.4 cm³/mol. The maximum absolute atomic E-state index is 11.9. The number of carbonyl (C=O) groups is 2. The molecule has 0 aromatic heterocycles. The van der Waals surface area contributed by atoms with Crippen LogP contribution in [0.3, 0.4) is 0 Å². The Bertz CT molecular complexity index is 532. The molecule has 0 aliphatic carbocycles. The minimum Gasteiger partial charge on any atom is -0.482 e. The molecule has 2 rings (SSSR count). The second-order valence-electron chi connectivity index (χ2n) is 5.63. The van der Waals surface area contributed by atoms with Gasteiger partial charge in [0.05, 0.1) is 5.69 Å². The highest BCUT2D eigenvalue weighted by Gasteiger charge is 2.24. The zero-order valence-electron chi connectivity index (χ0n) is 11.6. The largest absolute Gasteiger partial charge is 0.482 e. The molecule has 0 saturated carbocycles. The van der Waals surface area contributed by atoms with Gasteiger partial charge in [-0.15, -0.1) is 0 Å². The zero-order valence-corrected chi connectivity index (χ0v) is 11.6. The lowest BCUT2D eigenvalue weighted by Gasteiger charge is -2.26. The molecule has 19 heavy (non-hydrogen) atoms. The van der Waals surface area contributed by atoms with Crippen LogP contribution in [0.2, 0.25) is 0 Å². The van der Waals surface area contributed by atoms with Crippen molar-refractivity contribution in [2.75, 3.05) is 23.9 Å². The second-order valence-corrected chi connectivity index (χ2v) is 5.63. The number of carbonyl (C=O) groups excluding carboxylic acids is 2. The van der Waals surface area contributed by atoms with Gasteiger partial charge in [0.25, 0.3) is 5.91 Å². The Hall–Kier alpha value is -2.04. The van der Waals surface area contributed by atoms with E-state index < -0.39 is 5.41 Å². The van der Waals surface area contributed by atoms with Gasteiger partial charge in [0.1, 0.15) is 5.75 Å². The first-order valence-corrected chi connectivity index (χ1v) is 6.14. The zero-order chi connectivity index (χ0) is 14.2.